The van der Waals surface area contributed by atoms with Gasteiger partial charge in [0, 0.05) is 23.2 Å². The van der Waals surface area contributed by atoms with Crippen LogP contribution in [0.4, 0.5) is 23.3 Å². The van der Waals surface area contributed by atoms with Crippen molar-refractivity contribution in [3.8, 4) is 0 Å². The molecule has 2 aliphatic carbocycles. The van der Waals surface area contributed by atoms with Crippen LogP contribution in [0.2, 0.25) is 0 Å². The summed E-state index contributed by atoms with van der Waals surface area (Å²) in [4.78, 5) is 26.0. The lowest BCUT2D eigenvalue weighted by atomic mass is 9.95. The number of pyridine rings is 2. The van der Waals surface area contributed by atoms with Crippen LogP contribution < -0.4 is 22.9 Å². The summed E-state index contributed by atoms with van der Waals surface area (Å²) in [6, 6.07) is 20.2. The van der Waals surface area contributed by atoms with Gasteiger partial charge in [-0.15, -0.1) is 0 Å². The molecule has 1 aliphatic heterocycles. The highest BCUT2D eigenvalue weighted by Crippen LogP contribution is 2.49. The van der Waals surface area contributed by atoms with E-state index in [1.165, 1.54) is 18.2 Å². The summed E-state index contributed by atoms with van der Waals surface area (Å²) in [6.07, 6.45) is 10.2. The zero-order valence-corrected chi connectivity index (χ0v) is 39.0. The van der Waals surface area contributed by atoms with Crippen LogP contribution in [-0.2, 0) is 22.3 Å². The third-order valence-electron chi connectivity index (χ3n) is 13.5. The minimum absolute atomic E-state index is 0.0295. The third-order valence-corrected chi connectivity index (χ3v) is 14.7. The Hall–Kier alpha value is -5.50. The zero-order valence-electron chi connectivity index (χ0n) is 35.8. The number of aliphatic hydroxyl groups is 2. The molecule has 6 aromatic heterocycles. The number of halogens is 2. The van der Waals surface area contributed by atoms with Crippen molar-refractivity contribution >= 4 is 99.0 Å². The smallest absolute Gasteiger partial charge is 0.163 e. The summed E-state index contributed by atoms with van der Waals surface area (Å²) in [5, 5.41) is 25.2. The Kier molecular flexibility index (Phi) is 11.4. The van der Waals surface area contributed by atoms with Crippen LogP contribution in [0.1, 0.15) is 62.7 Å². The maximum absolute atomic E-state index is 10.7. The highest BCUT2D eigenvalue weighted by Gasteiger charge is 2.54. The highest BCUT2D eigenvalue weighted by atomic mass is 79.9. The largest absolute Gasteiger partial charge is 0.390 e. The number of fused-ring (bicyclic) bond motifs is 5. The van der Waals surface area contributed by atoms with Crippen molar-refractivity contribution in [3.63, 3.8) is 0 Å². The van der Waals surface area contributed by atoms with Crippen LogP contribution in [0.3, 0.4) is 0 Å². The van der Waals surface area contributed by atoms with E-state index < -0.39 is 18.0 Å². The Morgan fingerprint density at radius 3 is 1.66 bits per heavy atom. The Bertz CT molecular complexity index is 3090. The predicted octanol–water partition coefficient (Wildman–Crippen LogP) is 7.44. The second-order valence-electron chi connectivity index (χ2n) is 18.0. The minimum atomic E-state index is -0.868. The van der Waals surface area contributed by atoms with Gasteiger partial charge in [0.15, 0.2) is 5.79 Å². The number of hydrogen-bond acceptors (Lipinski definition) is 14. The van der Waals surface area contributed by atoms with E-state index >= 15 is 0 Å². The van der Waals surface area contributed by atoms with Crippen LogP contribution in [0.25, 0.3) is 43.9 Å². The number of benzene rings is 2. The van der Waals surface area contributed by atoms with Gasteiger partial charge in [-0.25, -0.2) is 29.9 Å². The second-order valence-corrected chi connectivity index (χ2v) is 19.7. The maximum atomic E-state index is 10.7. The summed E-state index contributed by atoms with van der Waals surface area (Å²) in [5.74, 6) is 1.59. The Morgan fingerprint density at radius 1 is 0.615 bits per heavy atom. The molecule has 0 radical (unpaired) electrons. The number of rotatable bonds is 8. The van der Waals surface area contributed by atoms with Crippen LogP contribution in [0.5, 0.6) is 0 Å². The molecule has 65 heavy (non-hydrogen) atoms. The molecule has 3 aliphatic rings. The third kappa shape index (κ3) is 8.24. The van der Waals surface area contributed by atoms with E-state index in [9.17, 15) is 10.2 Å². The van der Waals surface area contributed by atoms with Gasteiger partial charge < -0.3 is 51.8 Å². The van der Waals surface area contributed by atoms with Crippen molar-refractivity contribution in [2.24, 2.45) is 11.8 Å². The molecule has 1 saturated heterocycles. The fourth-order valence-corrected chi connectivity index (χ4v) is 10.9. The number of aliphatic hydroxyl groups excluding tert-OH is 2. The van der Waals surface area contributed by atoms with Gasteiger partial charge in [-0.05, 0) is 144 Å². The molecule has 8 atom stereocenters. The topological polar surface area (TPSA) is 250 Å². The lowest BCUT2D eigenvalue weighted by molar-refractivity contribution is -0.160. The number of nitrogens with zero attached hydrogens (tertiary/aromatic N) is 8. The molecule has 2 aromatic carbocycles. The average molecular weight is 1010 g/mol. The first-order valence-electron chi connectivity index (χ1n) is 21.8. The number of anilines is 4. The summed E-state index contributed by atoms with van der Waals surface area (Å²) in [7, 11) is 0. The molecule has 0 unspecified atom stereocenters. The van der Waals surface area contributed by atoms with E-state index in [2.05, 4.69) is 90.6 Å². The fraction of sp³-hybridized carbons (Fsp3) is 0.362. The number of hydrogen-bond donors (Lipinski definition) is 6. The van der Waals surface area contributed by atoms with Crippen molar-refractivity contribution in [2.45, 2.75) is 94.7 Å². The molecule has 2 saturated carbocycles. The van der Waals surface area contributed by atoms with Gasteiger partial charge in [0.05, 0.1) is 55.0 Å². The van der Waals surface area contributed by atoms with E-state index in [0.717, 1.165) is 84.8 Å². The van der Waals surface area contributed by atoms with Gasteiger partial charge in [-0.2, -0.15) is 0 Å². The first-order valence-corrected chi connectivity index (χ1v) is 23.3. The van der Waals surface area contributed by atoms with Crippen LogP contribution in [0.15, 0.2) is 94.7 Å². The molecule has 0 spiro atoms. The van der Waals surface area contributed by atoms with Crippen molar-refractivity contribution in [1.29, 1.82) is 0 Å². The van der Waals surface area contributed by atoms with E-state index in [0.29, 0.717) is 41.3 Å². The Morgan fingerprint density at radius 2 is 1.11 bits per heavy atom. The molecule has 7 heterocycles. The lowest BCUT2D eigenvalue weighted by Gasteiger charge is -2.24. The summed E-state index contributed by atoms with van der Waals surface area (Å²) in [5.41, 5.74) is 29.6. The molecular formula is C47H50Br2N12O4. The fourth-order valence-electron chi connectivity index (χ4n) is 10.2. The lowest BCUT2D eigenvalue weighted by Crippen LogP contribution is -2.29. The van der Waals surface area contributed by atoms with E-state index in [1.807, 2.05) is 67.2 Å². The van der Waals surface area contributed by atoms with Crippen LogP contribution in [0, 0.1) is 11.8 Å². The second kappa shape index (κ2) is 17.1. The molecule has 11 rings (SSSR count). The molecule has 336 valence electrons. The molecule has 16 nitrogen and oxygen atoms in total. The first-order chi connectivity index (χ1) is 31.2. The van der Waals surface area contributed by atoms with Gasteiger partial charge in [-0.3, -0.25) is 0 Å². The van der Waals surface area contributed by atoms with Gasteiger partial charge in [0.2, 0.25) is 0 Å². The minimum Gasteiger partial charge on any atom is -0.390 e. The van der Waals surface area contributed by atoms with Crippen molar-refractivity contribution in [3.05, 3.63) is 106 Å². The number of nitrogen functional groups attached to an aromatic ring is 4. The highest BCUT2D eigenvalue weighted by molar-refractivity contribution is 9.11. The number of ether oxygens (including phenoxy) is 2. The SMILES string of the molecule is CC1(C)O[C@@H]2[C@@H](CCc3ccc4cc(Br)c(N)nc4c3)C[C@@H](n3ccc4c(N)ncnc43)[C@@H]2O1.Nc1nc2cc(CC[C@H]3C[C@@H](n4ccc5c(N)ncnc54)[C@H](O)[C@@H]3O)ccc2cc1Br. The summed E-state index contributed by atoms with van der Waals surface area (Å²) >= 11 is 6.86. The van der Waals surface area contributed by atoms with Gasteiger partial charge in [0.1, 0.15) is 59.4 Å². The Balaban J connectivity index is 0.000000154. The maximum Gasteiger partial charge on any atom is 0.163 e. The van der Waals surface area contributed by atoms with Crippen molar-refractivity contribution < 1.29 is 19.7 Å². The van der Waals surface area contributed by atoms with Gasteiger partial charge in [-0.1, -0.05) is 24.3 Å². The molecule has 0 amide bonds. The van der Waals surface area contributed by atoms with Crippen molar-refractivity contribution in [1.82, 2.24) is 39.0 Å². The van der Waals surface area contributed by atoms with E-state index in [-0.39, 0.29) is 30.2 Å². The standard InChI is InChI=1S/C25H27BrN6O2.C22H23BrN6O2/c1-25(2)33-20-15(6-4-13-3-5-14-10-17(26)23(28)31-18(14)9-13)11-19(21(20)34-25)32-8-7-16-22(27)29-12-30-24(16)32;23-15-8-12-3-1-11(7-16(12)28-21(15)25)2-4-13-9-17(19(31)18(13)30)29-6-5-14-20(24)26-10-27-22(14)29/h3,5,7-10,12,15,19-21H,4,6,11H2,1-2H3,(H2,28,31)(H2,27,29,30);1,3,5-8,10,13,17-19,30-31H,2,4,9H2,(H2,25,28)(H2,24,26,27)/t15-,19+,20+,21-;13-,17+,18+,19-/m00/s1. The number of aromatic nitrogens is 8. The van der Waals surface area contributed by atoms with Gasteiger partial charge in [0.25, 0.3) is 0 Å². The van der Waals surface area contributed by atoms with E-state index in [4.69, 9.17) is 32.4 Å². The summed E-state index contributed by atoms with van der Waals surface area (Å²) in [6.45, 7) is 3.98. The van der Waals surface area contributed by atoms with Crippen molar-refractivity contribution in [2.75, 3.05) is 22.9 Å². The monoisotopic (exact) mass is 1000 g/mol. The first kappa shape index (κ1) is 43.4. The van der Waals surface area contributed by atoms with Gasteiger partial charge >= 0.3 is 0 Å². The number of aryl methyl sites for hydroxylation is 2. The predicted molar refractivity (Wildman–Crippen MR) is 258 cm³/mol. The molecular weight excluding hydrogens is 956 g/mol. The zero-order chi connectivity index (χ0) is 45.3. The Labute approximate surface area is 391 Å². The van der Waals surface area contributed by atoms with Crippen LogP contribution >= 0.6 is 31.9 Å². The molecule has 10 N–H and O–H groups in total. The molecule has 18 heteroatoms. The normalized spacial score (nSPS) is 24.8. The molecule has 0 bridgehead atoms. The quantitative estimate of drug-likeness (QED) is 0.0866. The van der Waals surface area contributed by atoms with E-state index in [1.54, 1.807) is 0 Å². The average Bonchev–Trinajstić information content (AvgIpc) is 4.10. The summed E-state index contributed by atoms with van der Waals surface area (Å²) < 4.78 is 18.5. The van der Waals surface area contributed by atoms with Crippen LogP contribution in [-0.4, -0.2) is 79.5 Å². The number of nitrogens with two attached hydrogens (primary N) is 4. The molecule has 3 fully saturated rings. The molecule has 8 aromatic rings.